The van der Waals surface area contributed by atoms with Crippen molar-refractivity contribution in [3.63, 3.8) is 0 Å². The zero-order valence-electron chi connectivity index (χ0n) is 21.4. The van der Waals surface area contributed by atoms with Crippen LogP contribution in [0.15, 0.2) is 24.3 Å². The van der Waals surface area contributed by atoms with Gasteiger partial charge in [0.15, 0.2) is 5.96 Å². The number of guanidine groups is 1. The summed E-state index contributed by atoms with van der Waals surface area (Å²) in [4.78, 5) is 50.6. The van der Waals surface area contributed by atoms with Crippen LogP contribution in [0.4, 0.5) is 0 Å². The van der Waals surface area contributed by atoms with Crippen LogP contribution in [-0.4, -0.2) is 61.1 Å². The molecule has 0 aliphatic heterocycles. The number of hydrogen-bond donors (Lipinski definition) is 9. The molecule has 0 radical (unpaired) electrons. The number of amidine groups is 1. The number of unbranched alkanes of at least 4 members (excludes halogenated alkanes) is 1. The molecule has 3 atom stereocenters. The predicted octanol–water partition coefficient (Wildman–Crippen LogP) is -1.22. The van der Waals surface area contributed by atoms with E-state index in [-0.39, 0.29) is 24.6 Å². The van der Waals surface area contributed by atoms with Gasteiger partial charge in [0.05, 0.1) is 0 Å². The van der Waals surface area contributed by atoms with Gasteiger partial charge >= 0.3 is 0 Å². The molecule has 1 unspecified atom stereocenters. The molecule has 0 aliphatic carbocycles. The molecule has 0 bridgehead atoms. The number of nitrogens with two attached hydrogens (primary N) is 3. The van der Waals surface area contributed by atoms with E-state index in [4.69, 9.17) is 28.0 Å². The van der Waals surface area contributed by atoms with E-state index in [0.717, 1.165) is 6.42 Å². The van der Waals surface area contributed by atoms with Crippen LogP contribution in [0.5, 0.6) is 0 Å². The lowest BCUT2D eigenvalue weighted by Crippen LogP contribution is -2.55. The van der Waals surface area contributed by atoms with Crippen LogP contribution in [0.25, 0.3) is 0 Å². The lowest BCUT2D eigenvalue weighted by Gasteiger charge is -2.24. The molecule has 37 heavy (non-hydrogen) atoms. The van der Waals surface area contributed by atoms with E-state index in [0.29, 0.717) is 36.9 Å². The van der Waals surface area contributed by atoms with Gasteiger partial charge in [-0.05, 0) is 31.2 Å². The summed E-state index contributed by atoms with van der Waals surface area (Å²) in [5.74, 6) is -3.87. The average Bonchev–Trinajstić information content (AvgIpc) is 2.85. The van der Waals surface area contributed by atoms with Crippen molar-refractivity contribution < 1.29 is 19.2 Å². The second kappa shape index (κ2) is 15.8. The largest absolute Gasteiger partial charge is 0.384 e. The lowest BCUT2D eigenvalue weighted by atomic mass is 9.95. The Kier molecular flexibility index (Phi) is 13.1. The van der Waals surface area contributed by atoms with Crippen molar-refractivity contribution in [3.8, 4) is 0 Å². The first kappa shape index (κ1) is 30.9. The maximum atomic E-state index is 13.2. The van der Waals surface area contributed by atoms with Gasteiger partial charge in [-0.15, -0.1) is 0 Å². The first-order chi connectivity index (χ1) is 17.5. The Hall–Kier alpha value is -4.16. The van der Waals surface area contributed by atoms with Crippen LogP contribution in [0.3, 0.4) is 0 Å². The second-order valence-electron chi connectivity index (χ2n) is 8.63. The van der Waals surface area contributed by atoms with Crippen LogP contribution in [0.1, 0.15) is 50.2 Å². The fraction of sp³-hybridized carbons (Fsp3) is 0.500. The summed E-state index contributed by atoms with van der Waals surface area (Å²) in [6, 6.07) is 4.67. The van der Waals surface area contributed by atoms with E-state index in [1.165, 1.54) is 7.05 Å². The maximum Gasteiger partial charge on any atom is 0.243 e. The predicted molar refractivity (Wildman–Crippen MR) is 140 cm³/mol. The summed E-state index contributed by atoms with van der Waals surface area (Å²) < 4.78 is 0. The number of primary amides is 1. The highest BCUT2D eigenvalue weighted by Gasteiger charge is 2.31. The Morgan fingerprint density at radius 1 is 0.865 bits per heavy atom. The summed E-state index contributed by atoms with van der Waals surface area (Å²) in [6.07, 6.45) is 2.39. The van der Waals surface area contributed by atoms with Gasteiger partial charge in [-0.2, -0.15) is 0 Å². The van der Waals surface area contributed by atoms with Crippen LogP contribution >= 0.6 is 0 Å². The second-order valence-corrected chi connectivity index (χ2v) is 8.63. The Labute approximate surface area is 216 Å². The maximum absolute atomic E-state index is 13.2. The quantitative estimate of drug-likeness (QED) is 0.0559. The summed E-state index contributed by atoms with van der Waals surface area (Å²) in [6.45, 7) is 2.26. The molecule has 204 valence electrons. The third-order valence-corrected chi connectivity index (χ3v) is 5.71. The van der Waals surface area contributed by atoms with E-state index >= 15 is 0 Å². The van der Waals surface area contributed by atoms with E-state index in [1.54, 1.807) is 24.3 Å². The van der Waals surface area contributed by atoms with Gasteiger partial charge in [0.2, 0.25) is 23.6 Å². The van der Waals surface area contributed by atoms with Crippen molar-refractivity contribution in [1.82, 2.24) is 21.3 Å². The standard InChI is InChI=1S/C24H39N9O4/c1-3-4-6-18(23(37)32-17(20(27)34)7-5-12-31-24(28)29)33-22(36)16(21(35)30-2)13-14-8-10-15(11-9-14)19(25)26/h8-11,16-18H,3-7,12-13H2,1-2H3,(H3,25,26)(H2,27,34)(H,30,35)(H,32,37)(H,33,36)(H4,28,29,31)/t16?,17-,18-/m0/s1. The minimum absolute atomic E-state index is 0.0683. The molecule has 13 nitrogen and oxygen atoms in total. The van der Waals surface area contributed by atoms with Gasteiger partial charge in [0, 0.05) is 19.2 Å². The van der Waals surface area contributed by atoms with Crippen molar-refractivity contribution in [1.29, 1.82) is 10.8 Å². The highest BCUT2D eigenvalue weighted by atomic mass is 16.2. The number of amides is 4. The highest BCUT2D eigenvalue weighted by Crippen LogP contribution is 2.13. The third kappa shape index (κ3) is 11.0. The van der Waals surface area contributed by atoms with E-state index < -0.39 is 41.6 Å². The molecule has 0 saturated heterocycles. The normalized spacial score (nSPS) is 12.9. The molecule has 0 aliphatic rings. The molecule has 1 rings (SSSR count). The van der Waals surface area contributed by atoms with Gasteiger partial charge < -0.3 is 38.5 Å². The molecule has 0 aromatic heterocycles. The molecular weight excluding hydrogens is 478 g/mol. The Balaban J connectivity index is 2.97. The van der Waals surface area contributed by atoms with Crippen molar-refractivity contribution in [2.24, 2.45) is 23.1 Å². The van der Waals surface area contributed by atoms with Crippen LogP contribution in [-0.2, 0) is 25.6 Å². The summed E-state index contributed by atoms with van der Waals surface area (Å²) >= 11 is 0. The number of rotatable bonds is 16. The molecule has 0 heterocycles. The average molecular weight is 518 g/mol. The molecule has 4 amide bonds. The fourth-order valence-electron chi connectivity index (χ4n) is 3.57. The smallest absolute Gasteiger partial charge is 0.243 e. The number of nitrogens with one attached hydrogen (secondary N) is 6. The fourth-order valence-corrected chi connectivity index (χ4v) is 3.57. The minimum atomic E-state index is -1.12. The summed E-state index contributed by atoms with van der Waals surface area (Å²) in [5.41, 5.74) is 17.4. The van der Waals surface area contributed by atoms with Gasteiger partial charge in [-0.25, -0.2) is 0 Å². The number of hydrogen-bond acceptors (Lipinski definition) is 6. The third-order valence-electron chi connectivity index (χ3n) is 5.71. The molecule has 1 aromatic carbocycles. The van der Waals surface area contributed by atoms with E-state index in [2.05, 4.69) is 21.3 Å². The van der Waals surface area contributed by atoms with E-state index in [1.807, 2.05) is 6.92 Å². The van der Waals surface area contributed by atoms with Crippen molar-refractivity contribution in [2.75, 3.05) is 13.6 Å². The van der Waals surface area contributed by atoms with Gasteiger partial charge in [0.1, 0.15) is 23.8 Å². The van der Waals surface area contributed by atoms with Crippen LogP contribution in [0, 0.1) is 16.7 Å². The monoisotopic (exact) mass is 517 g/mol. The van der Waals surface area contributed by atoms with Crippen molar-refractivity contribution in [3.05, 3.63) is 35.4 Å². The molecule has 1 aromatic rings. The van der Waals surface area contributed by atoms with Crippen LogP contribution in [0.2, 0.25) is 0 Å². The van der Waals surface area contributed by atoms with Gasteiger partial charge in [-0.1, -0.05) is 44.0 Å². The minimum Gasteiger partial charge on any atom is -0.384 e. The zero-order chi connectivity index (χ0) is 28.0. The van der Waals surface area contributed by atoms with Crippen molar-refractivity contribution >= 4 is 35.4 Å². The molecule has 0 saturated carbocycles. The Bertz CT molecular complexity index is 965. The topological polar surface area (TPSA) is 242 Å². The number of carbonyl (C=O) groups excluding carboxylic acids is 4. The first-order valence-corrected chi connectivity index (χ1v) is 12.1. The zero-order valence-corrected chi connectivity index (χ0v) is 21.4. The molecule has 0 spiro atoms. The summed E-state index contributed by atoms with van der Waals surface area (Å²) in [5, 5.41) is 25.0. The molecule has 12 N–H and O–H groups in total. The van der Waals surface area contributed by atoms with Gasteiger partial charge in [0.25, 0.3) is 0 Å². The lowest BCUT2D eigenvalue weighted by molar-refractivity contribution is -0.138. The van der Waals surface area contributed by atoms with E-state index in [9.17, 15) is 19.2 Å². The number of carbonyl (C=O) groups is 4. The Morgan fingerprint density at radius 3 is 1.97 bits per heavy atom. The van der Waals surface area contributed by atoms with Gasteiger partial charge in [-0.3, -0.25) is 30.0 Å². The summed E-state index contributed by atoms with van der Waals surface area (Å²) in [7, 11) is 1.42. The van der Waals surface area contributed by atoms with Crippen molar-refractivity contribution in [2.45, 2.75) is 57.5 Å². The molecule has 0 fully saturated rings. The Morgan fingerprint density at radius 2 is 1.46 bits per heavy atom. The number of nitrogen functional groups attached to an aromatic ring is 1. The van der Waals surface area contributed by atoms with Crippen LogP contribution < -0.4 is 38.5 Å². The highest BCUT2D eigenvalue weighted by molar-refractivity contribution is 6.02. The number of benzene rings is 1. The first-order valence-electron chi connectivity index (χ1n) is 12.1. The molecule has 13 heteroatoms. The SMILES string of the molecule is CCCC[C@H](NC(=O)C(Cc1ccc(C(=N)N)cc1)C(=O)NC)C(=O)N[C@@H](CCCNC(=N)N)C(N)=O. The molecular formula is C24H39N9O4.